The zero-order chi connectivity index (χ0) is 20.3. The van der Waals surface area contributed by atoms with E-state index >= 15 is 0 Å². The van der Waals surface area contributed by atoms with Crippen molar-refractivity contribution < 1.29 is 9.53 Å². The highest BCUT2D eigenvalue weighted by atomic mass is 32.1. The first-order valence-electron chi connectivity index (χ1n) is 11.6. The summed E-state index contributed by atoms with van der Waals surface area (Å²) in [4.78, 5) is 27.1. The van der Waals surface area contributed by atoms with Crippen molar-refractivity contribution >= 4 is 33.3 Å². The van der Waals surface area contributed by atoms with Crippen molar-refractivity contribution in [1.29, 1.82) is 0 Å². The van der Waals surface area contributed by atoms with Crippen molar-refractivity contribution in [3.05, 3.63) is 17.8 Å². The fourth-order valence-corrected chi connectivity index (χ4v) is 6.44. The lowest BCUT2D eigenvalue weighted by Crippen LogP contribution is -2.50. The van der Waals surface area contributed by atoms with Gasteiger partial charge in [0.05, 0.1) is 10.2 Å². The highest BCUT2D eigenvalue weighted by Crippen LogP contribution is 2.35. The van der Waals surface area contributed by atoms with Crippen molar-refractivity contribution in [2.24, 2.45) is 11.8 Å². The van der Waals surface area contributed by atoms with Gasteiger partial charge in [-0.05, 0) is 55.9 Å². The van der Waals surface area contributed by atoms with Crippen LogP contribution in [0.2, 0.25) is 0 Å². The van der Waals surface area contributed by atoms with Gasteiger partial charge in [-0.3, -0.25) is 4.79 Å². The van der Waals surface area contributed by atoms with Crippen LogP contribution in [0.4, 0.5) is 5.82 Å². The molecule has 0 saturated carbocycles. The van der Waals surface area contributed by atoms with Crippen LogP contribution in [0.5, 0.6) is 0 Å². The third kappa shape index (κ3) is 4.06. The summed E-state index contributed by atoms with van der Waals surface area (Å²) in [7, 11) is 0. The van der Waals surface area contributed by atoms with E-state index in [4.69, 9.17) is 4.74 Å². The lowest BCUT2D eigenvalue weighted by atomic mass is 9.85. The minimum Gasteiger partial charge on any atom is -0.381 e. The summed E-state index contributed by atoms with van der Waals surface area (Å²) in [5.74, 6) is 2.27. The number of aromatic nitrogens is 2. The SMILES string of the molecule is O=C(C1CCOCC1)N1CCCCC[C@H]1C1CCN(c2ncnc3ccsc23)CC1. The molecule has 3 aliphatic rings. The number of amides is 1. The molecule has 0 N–H and O–H groups in total. The molecule has 2 aromatic heterocycles. The molecular weight excluding hydrogens is 396 g/mol. The summed E-state index contributed by atoms with van der Waals surface area (Å²) in [5, 5.41) is 2.10. The van der Waals surface area contributed by atoms with E-state index in [0.29, 0.717) is 17.9 Å². The Balaban J connectivity index is 1.28. The van der Waals surface area contributed by atoms with Crippen LogP contribution < -0.4 is 4.90 Å². The standard InChI is InChI=1S/C23H32N4O2S/c28-23(18-7-13-29-14-8-18)27-10-3-1-2-4-20(27)17-5-11-26(12-6-17)22-21-19(9-15-30-21)24-16-25-22/h9,15-18,20H,1-8,10-14H2/t20-/m0/s1. The highest BCUT2D eigenvalue weighted by Gasteiger charge is 2.37. The van der Waals surface area contributed by atoms with E-state index in [1.807, 2.05) is 0 Å². The number of ether oxygens (including phenoxy) is 1. The Bertz CT molecular complexity index is 858. The maximum Gasteiger partial charge on any atom is 0.226 e. The van der Waals surface area contributed by atoms with Crippen LogP contribution in [0, 0.1) is 11.8 Å². The molecule has 0 unspecified atom stereocenters. The smallest absolute Gasteiger partial charge is 0.226 e. The largest absolute Gasteiger partial charge is 0.381 e. The summed E-state index contributed by atoms with van der Waals surface area (Å²) in [5.41, 5.74) is 1.05. The summed E-state index contributed by atoms with van der Waals surface area (Å²) in [6, 6.07) is 2.49. The van der Waals surface area contributed by atoms with Gasteiger partial charge in [0.15, 0.2) is 0 Å². The van der Waals surface area contributed by atoms with Crippen molar-refractivity contribution in [3.63, 3.8) is 0 Å². The minimum absolute atomic E-state index is 0.174. The zero-order valence-electron chi connectivity index (χ0n) is 17.7. The first-order chi connectivity index (χ1) is 14.8. The molecule has 0 aromatic carbocycles. The van der Waals surface area contributed by atoms with Crippen molar-refractivity contribution in [2.75, 3.05) is 37.7 Å². The van der Waals surface area contributed by atoms with Crippen LogP contribution in [-0.4, -0.2) is 59.7 Å². The molecule has 3 aliphatic heterocycles. The number of piperidine rings is 1. The Hall–Kier alpha value is -1.73. The van der Waals surface area contributed by atoms with Gasteiger partial charge in [0.1, 0.15) is 12.1 Å². The van der Waals surface area contributed by atoms with E-state index in [2.05, 4.69) is 31.2 Å². The van der Waals surface area contributed by atoms with Gasteiger partial charge in [0, 0.05) is 44.8 Å². The molecule has 5 heterocycles. The van der Waals surface area contributed by atoms with Gasteiger partial charge in [-0.15, -0.1) is 11.3 Å². The topological polar surface area (TPSA) is 58.6 Å². The molecule has 5 rings (SSSR count). The van der Waals surface area contributed by atoms with E-state index in [-0.39, 0.29) is 5.92 Å². The van der Waals surface area contributed by atoms with Gasteiger partial charge in [-0.25, -0.2) is 9.97 Å². The van der Waals surface area contributed by atoms with Crippen LogP contribution in [0.15, 0.2) is 17.8 Å². The second-order valence-corrected chi connectivity index (χ2v) is 9.91. The van der Waals surface area contributed by atoms with Crippen LogP contribution in [0.1, 0.15) is 51.4 Å². The lowest BCUT2D eigenvalue weighted by Gasteiger charge is -2.42. The Morgan fingerprint density at radius 2 is 1.83 bits per heavy atom. The summed E-state index contributed by atoms with van der Waals surface area (Å²) >= 11 is 1.73. The number of likely N-dealkylation sites (tertiary alicyclic amines) is 1. The summed E-state index contributed by atoms with van der Waals surface area (Å²) in [6.45, 7) is 4.46. The second-order valence-electron chi connectivity index (χ2n) is 8.99. The van der Waals surface area contributed by atoms with Crippen LogP contribution in [0.3, 0.4) is 0 Å². The van der Waals surface area contributed by atoms with Crippen molar-refractivity contribution in [2.45, 2.75) is 57.4 Å². The van der Waals surface area contributed by atoms with Gasteiger partial charge >= 0.3 is 0 Å². The van der Waals surface area contributed by atoms with Crippen LogP contribution in [-0.2, 0) is 9.53 Å². The van der Waals surface area contributed by atoms with Crippen LogP contribution in [0.25, 0.3) is 10.2 Å². The number of thiophene rings is 1. The van der Waals surface area contributed by atoms with Gasteiger partial charge in [0.25, 0.3) is 0 Å². The number of nitrogens with zero attached hydrogens (tertiary/aromatic N) is 4. The molecule has 0 aliphatic carbocycles. The van der Waals surface area contributed by atoms with E-state index < -0.39 is 0 Å². The van der Waals surface area contributed by atoms with Gasteiger partial charge in [0.2, 0.25) is 5.91 Å². The number of carbonyl (C=O) groups is 1. The average molecular weight is 429 g/mol. The molecular formula is C23H32N4O2S. The number of fused-ring (bicyclic) bond motifs is 1. The Morgan fingerprint density at radius 1 is 1.00 bits per heavy atom. The predicted molar refractivity (Wildman–Crippen MR) is 120 cm³/mol. The number of rotatable bonds is 3. The fourth-order valence-electron chi connectivity index (χ4n) is 5.57. The van der Waals surface area contributed by atoms with E-state index in [9.17, 15) is 4.79 Å². The molecule has 6 nitrogen and oxygen atoms in total. The molecule has 0 bridgehead atoms. The predicted octanol–water partition coefficient (Wildman–Crippen LogP) is 4.11. The van der Waals surface area contributed by atoms with Gasteiger partial charge < -0.3 is 14.5 Å². The number of anilines is 1. The Morgan fingerprint density at radius 3 is 2.67 bits per heavy atom. The summed E-state index contributed by atoms with van der Waals surface area (Å²) < 4.78 is 6.69. The molecule has 1 atom stereocenters. The number of hydrogen-bond acceptors (Lipinski definition) is 6. The quantitative estimate of drug-likeness (QED) is 0.736. The molecule has 2 aromatic rings. The lowest BCUT2D eigenvalue weighted by molar-refractivity contribution is -0.142. The molecule has 1 amide bonds. The number of carbonyl (C=O) groups excluding carboxylic acids is 1. The molecule has 162 valence electrons. The van der Waals surface area contributed by atoms with Gasteiger partial charge in [-0.1, -0.05) is 12.8 Å². The van der Waals surface area contributed by atoms with E-state index in [1.54, 1.807) is 17.7 Å². The Kier molecular flexibility index (Phi) is 6.18. The molecule has 3 fully saturated rings. The third-order valence-electron chi connectivity index (χ3n) is 7.26. The molecule has 3 saturated heterocycles. The Labute approximate surface area is 182 Å². The first-order valence-corrected chi connectivity index (χ1v) is 12.5. The number of hydrogen-bond donors (Lipinski definition) is 0. The minimum atomic E-state index is 0.174. The zero-order valence-corrected chi connectivity index (χ0v) is 18.5. The van der Waals surface area contributed by atoms with Gasteiger partial charge in [-0.2, -0.15) is 0 Å². The molecule has 0 radical (unpaired) electrons. The van der Waals surface area contributed by atoms with Crippen LogP contribution >= 0.6 is 11.3 Å². The normalized spacial score (nSPS) is 24.9. The molecule has 0 spiro atoms. The van der Waals surface area contributed by atoms with E-state index in [1.165, 1.54) is 24.0 Å². The maximum atomic E-state index is 13.4. The monoisotopic (exact) mass is 428 g/mol. The average Bonchev–Trinajstić information content (AvgIpc) is 3.16. The van der Waals surface area contributed by atoms with Crippen molar-refractivity contribution in [1.82, 2.24) is 14.9 Å². The summed E-state index contributed by atoms with van der Waals surface area (Å²) in [6.07, 6.45) is 10.6. The highest BCUT2D eigenvalue weighted by molar-refractivity contribution is 7.17. The van der Waals surface area contributed by atoms with Crippen molar-refractivity contribution in [3.8, 4) is 0 Å². The fraction of sp³-hybridized carbons (Fsp3) is 0.696. The second kappa shape index (κ2) is 9.18. The third-order valence-corrected chi connectivity index (χ3v) is 8.16. The molecule has 30 heavy (non-hydrogen) atoms. The molecule has 7 heteroatoms. The first kappa shape index (κ1) is 20.2. The maximum absolute atomic E-state index is 13.4. The van der Waals surface area contributed by atoms with E-state index in [0.717, 1.165) is 76.3 Å².